The molecule has 0 spiro atoms. The highest BCUT2D eigenvalue weighted by molar-refractivity contribution is 9.10. The molecule has 12 heteroatoms. The standard InChI is InChI=1S/C21H17BrClF2N3O3S2/c1-28-19(21(29)26-13-3-5-16(24)15(23)8-13)9-18(27-33(28,30)31)20-7-12(10-32-20)11-2-4-14(22)17(25)6-11/h2-8,10,18-19,27H,9H2,1H3,(H,26,29)/t18-,19+/m1/s1. The van der Waals surface area contributed by atoms with Crippen LogP contribution in [0.3, 0.4) is 0 Å². The minimum Gasteiger partial charge on any atom is -0.325 e. The fourth-order valence-corrected chi connectivity index (χ4v) is 6.21. The number of hydrogen-bond acceptors (Lipinski definition) is 4. The molecule has 1 aliphatic heterocycles. The second-order valence-corrected chi connectivity index (χ2v) is 11.4. The first-order valence-electron chi connectivity index (χ1n) is 9.60. The molecule has 2 N–H and O–H groups in total. The third-order valence-electron chi connectivity index (χ3n) is 5.27. The predicted octanol–water partition coefficient (Wildman–Crippen LogP) is 5.33. The van der Waals surface area contributed by atoms with Crippen LogP contribution in [0.5, 0.6) is 0 Å². The summed E-state index contributed by atoms with van der Waals surface area (Å²) in [5, 5.41) is 4.24. The van der Waals surface area contributed by atoms with Gasteiger partial charge in [-0.2, -0.15) is 17.4 Å². The molecule has 4 rings (SSSR count). The number of benzene rings is 2. The van der Waals surface area contributed by atoms with Crippen molar-refractivity contribution in [2.75, 3.05) is 12.4 Å². The van der Waals surface area contributed by atoms with E-state index >= 15 is 0 Å². The van der Waals surface area contributed by atoms with E-state index in [1.807, 2.05) is 0 Å². The van der Waals surface area contributed by atoms with Crippen molar-refractivity contribution in [3.63, 3.8) is 0 Å². The topological polar surface area (TPSA) is 78.5 Å². The SMILES string of the molecule is CN1[C@H](C(=O)Nc2ccc(F)c(Cl)c2)C[C@H](c2cc(-c3ccc(Br)c(F)c3)cs2)NS1(=O)=O. The molecule has 2 heterocycles. The third-order valence-corrected chi connectivity index (χ3v) is 8.85. The number of halogens is 4. The average Bonchev–Trinajstić information content (AvgIpc) is 3.25. The molecule has 0 saturated carbocycles. The number of nitrogens with zero attached hydrogens (tertiary/aromatic N) is 1. The maximum absolute atomic E-state index is 13.9. The van der Waals surface area contributed by atoms with Crippen LogP contribution in [0, 0.1) is 11.6 Å². The quantitative estimate of drug-likeness (QED) is 0.441. The Morgan fingerprint density at radius 3 is 2.64 bits per heavy atom. The van der Waals surface area contributed by atoms with Gasteiger partial charge in [0.15, 0.2) is 0 Å². The zero-order valence-corrected chi connectivity index (χ0v) is 21.0. The molecule has 1 aromatic heterocycles. The molecule has 33 heavy (non-hydrogen) atoms. The number of carbonyl (C=O) groups excluding carboxylic acids is 1. The molecule has 0 radical (unpaired) electrons. The van der Waals surface area contributed by atoms with Gasteiger partial charge in [0.1, 0.15) is 17.7 Å². The van der Waals surface area contributed by atoms with Gasteiger partial charge in [-0.1, -0.05) is 17.7 Å². The summed E-state index contributed by atoms with van der Waals surface area (Å²) in [5.41, 5.74) is 1.64. The zero-order chi connectivity index (χ0) is 23.9. The number of nitrogens with one attached hydrogen (secondary N) is 2. The van der Waals surface area contributed by atoms with Gasteiger partial charge < -0.3 is 5.32 Å². The van der Waals surface area contributed by atoms with Crippen molar-refractivity contribution in [3.8, 4) is 11.1 Å². The van der Waals surface area contributed by atoms with Gasteiger partial charge >= 0.3 is 0 Å². The molecule has 1 saturated heterocycles. The van der Waals surface area contributed by atoms with E-state index < -0.39 is 39.8 Å². The molecule has 0 bridgehead atoms. The first kappa shape index (κ1) is 24.2. The van der Waals surface area contributed by atoms with E-state index in [0.29, 0.717) is 14.9 Å². The van der Waals surface area contributed by atoms with E-state index in [9.17, 15) is 22.0 Å². The highest BCUT2D eigenvalue weighted by Gasteiger charge is 2.41. The van der Waals surface area contributed by atoms with Crippen LogP contribution in [0.2, 0.25) is 5.02 Å². The fourth-order valence-electron chi connectivity index (χ4n) is 3.46. The lowest BCUT2D eigenvalue weighted by atomic mass is 10.0. The van der Waals surface area contributed by atoms with Crippen LogP contribution in [-0.4, -0.2) is 31.7 Å². The predicted molar refractivity (Wildman–Crippen MR) is 128 cm³/mol. The lowest BCUT2D eigenvalue weighted by Gasteiger charge is -2.35. The monoisotopic (exact) mass is 575 g/mol. The van der Waals surface area contributed by atoms with E-state index in [-0.39, 0.29) is 17.1 Å². The van der Waals surface area contributed by atoms with Gasteiger partial charge in [0.05, 0.1) is 15.5 Å². The number of anilines is 1. The maximum Gasteiger partial charge on any atom is 0.280 e. The average molecular weight is 577 g/mol. The molecule has 6 nitrogen and oxygen atoms in total. The minimum atomic E-state index is -3.95. The Labute approximate surface area is 206 Å². The molecular weight excluding hydrogens is 560 g/mol. The summed E-state index contributed by atoms with van der Waals surface area (Å²) in [6, 6.07) is 8.56. The number of hydrogen-bond donors (Lipinski definition) is 2. The summed E-state index contributed by atoms with van der Waals surface area (Å²) in [5.74, 6) is -1.60. The summed E-state index contributed by atoms with van der Waals surface area (Å²) in [6.45, 7) is 0. The smallest absolute Gasteiger partial charge is 0.280 e. The van der Waals surface area contributed by atoms with Crippen molar-refractivity contribution in [2.24, 2.45) is 0 Å². The summed E-state index contributed by atoms with van der Waals surface area (Å²) in [4.78, 5) is 13.6. The molecule has 1 fully saturated rings. The van der Waals surface area contributed by atoms with Gasteiger partial charge in [-0.3, -0.25) is 4.79 Å². The third kappa shape index (κ3) is 5.13. The molecule has 1 aliphatic rings. The Bertz CT molecular complexity index is 1340. The van der Waals surface area contributed by atoms with Crippen LogP contribution in [0.25, 0.3) is 11.1 Å². The largest absolute Gasteiger partial charge is 0.325 e. The number of rotatable bonds is 4. The normalized spacial score (nSPS) is 20.5. The molecular formula is C21H17BrClF2N3O3S2. The highest BCUT2D eigenvalue weighted by atomic mass is 79.9. The van der Waals surface area contributed by atoms with E-state index in [4.69, 9.17) is 11.6 Å². The van der Waals surface area contributed by atoms with Crippen LogP contribution in [0.4, 0.5) is 14.5 Å². The van der Waals surface area contributed by atoms with Gasteiger partial charge in [0.2, 0.25) is 5.91 Å². The van der Waals surface area contributed by atoms with Crippen molar-refractivity contribution in [1.29, 1.82) is 0 Å². The molecule has 2 aromatic carbocycles. The zero-order valence-electron chi connectivity index (χ0n) is 17.0. The van der Waals surface area contributed by atoms with Gasteiger partial charge in [0, 0.05) is 17.6 Å². The molecule has 0 unspecified atom stereocenters. The fraction of sp³-hybridized carbons (Fsp3) is 0.190. The van der Waals surface area contributed by atoms with Gasteiger partial charge in [-0.15, -0.1) is 11.3 Å². The van der Waals surface area contributed by atoms with Gasteiger partial charge in [-0.05, 0) is 75.3 Å². The van der Waals surface area contributed by atoms with Crippen molar-refractivity contribution in [3.05, 3.63) is 73.9 Å². The lowest BCUT2D eigenvalue weighted by Crippen LogP contribution is -2.55. The van der Waals surface area contributed by atoms with Crippen LogP contribution in [0.1, 0.15) is 17.3 Å². The number of likely N-dealkylation sites (N-methyl/N-ethyl adjacent to an activating group) is 1. The second kappa shape index (κ2) is 9.40. The maximum atomic E-state index is 13.9. The molecule has 0 aliphatic carbocycles. The first-order valence-corrected chi connectivity index (χ1v) is 13.1. The number of carbonyl (C=O) groups is 1. The van der Waals surface area contributed by atoms with Crippen LogP contribution in [-0.2, 0) is 15.0 Å². The van der Waals surface area contributed by atoms with Crippen molar-refractivity contribution >= 4 is 60.7 Å². The summed E-state index contributed by atoms with van der Waals surface area (Å²) in [6.07, 6.45) is 0.158. The summed E-state index contributed by atoms with van der Waals surface area (Å²) >= 11 is 10.2. The van der Waals surface area contributed by atoms with Crippen LogP contribution in [0.15, 0.2) is 52.3 Å². The summed E-state index contributed by atoms with van der Waals surface area (Å²) < 4.78 is 56.6. The Morgan fingerprint density at radius 2 is 1.94 bits per heavy atom. The van der Waals surface area contributed by atoms with E-state index in [0.717, 1.165) is 15.9 Å². The van der Waals surface area contributed by atoms with Crippen molar-refractivity contribution < 1.29 is 22.0 Å². The second-order valence-electron chi connectivity index (χ2n) is 7.43. The van der Waals surface area contributed by atoms with Gasteiger partial charge in [-0.25, -0.2) is 8.78 Å². The van der Waals surface area contributed by atoms with E-state index in [1.165, 1.54) is 36.6 Å². The lowest BCUT2D eigenvalue weighted by molar-refractivity contribution is -0.120. The van der Waals surface area contributed by atoms with Crippen LogP contribution < -0.4 is 10.0 Å². The molecule has 1 amide bonds. The highest BCUT2D eigenvalue weighted by Crippen LogP contribution is 2.36. The Morgan fingerprint density at radius 1 is 1.18 bits per heavy atom. The minimum absolute atomic E-state index is 0.158. The Kier molecular flexibility index (Phi) is 6.90. The Hall–Kier alpha value is -1.89. The molecule has 174 valence electrons. The summed E-state index contributed by atoms with van der Waals surface area (Å²) in [7, 11) is -2.64. The van der Waals surface area contributed by atoms with Crippen molar-refractivity contribution in [2.45, 2.75) is 18.5 Å². The van der Waals surface area contributed by atoms with E-state index in [1.54, 1.807) is 23.6 Å². The van der Waals surface area contributed by atoms with Crippen molar-refractivity contribution in [1.82, 2.24) is 9.03 Å². The molecule has 2 atom stereocenters. The number of thiophene rings is 1. The Balaban J connectivity index is 1.57. The van der Waals surface area contributed by atoms with Crippen LogP contribution >= 0.6 is 38.9 Å². The number of amides is 1. The first-order chi connectivity index (χ1) is 15.5. The molecule has 3 aromatic rings. The van der Waals surface area contributed by atoms with Gasteiger partial charge in [0.25, 0.3) is 10.2 Å². The van der Waals surface area contributed by atoms with E-state index in [2.05, 4.69) is 26.0 Å².